The van der Waals surface area contributed by atoms with E-state index in [1.165, 1.54) is 6.20 Å². The molecule has 41 heavy (non-hydrogen) atoms. The van der Waals surface area contributed by atoms with Gasteiger partial charge in [-0.3, -0.25) is 4.79 Å². The number of piperidine rings is 1. The number of nitrogens with zero attached hydrogens (tertiary/aromatic N) is 6. The second kappa shape index (κ2) is 12.0. The van der Waals surface area contributed by atoms with Gasteiger partial charge in [0.15, 0.2) is 5.65 Å². The van der Waals surface area contributed by atoms with Crippen molar-refractivity contribution in [3.8, 4) is 11.4 Å². The van der Waals surface area contributed by atoms with Gasteiger partial charge in [0.1, 0.15) is 28.1 Å². The van der Waals surface area contributed by atoms with Crippen molar-refractivity contribution in [2.24, 2.45) is 0 Å². The Kier molecular flexibility index (Phi) is 8.24. The number of hydrogen-bond donors (Lipinski definition) is 1. The number of anilines is 1. The molecule has 1 saturated heterocycles. The molecule has 212 valence electrons. The highest BCUT2D eigenvalue weighted by Gasteiger charge is 2.28. The van der Waals surface area contributed by atoms with Crippen LogP contribution in [0, 0.1) is 6.92 Å². The number of nitrogens with one attached hydrogen (secondary N) is 1. The van der Waals surface area contributed by atoms with Crippen LogP contribution in [-0.2, 0) is 11.0 Å². The topological polar surface area (TPSA) is 138 Å². The zero-order valence-electron chi connectivity index (χ0n) is 22.7. The first-order valence-electron chi connectivity index (χ1n) is 13.1. The highest BCUT2D eigenvalue weighted by Crippen LogP contribution is 2.32. The number of carbonyl (C=O) groups is 1. The van der Waals surface area contributed by atoms with Gasteiger partial charge in [-0.15, -0.1) is 0 Å². The summed E-state index contributed by atoms with van der Waals surface area (Å²) in [4.78, 5) is 18.4. The largest absolute Gasteiger partial charge is 0.497 e. The van der Waals surface area contributed by atoms with Crippen molar-refractivity contribution < 1.29 is 19.2 Å². The molecular formula is C29H31N7O4S. The Morgan fingerprint density at radius 1 is 1.07 bits per heavy atom. The minimum Gasteiger partial charge on any atom is -0.497 e. The maximum absolute atomic E-state index is 13.3. The molecular weight excluding hydrogens is 542 g/mol. The van der Waals surface area contributed by atoms with E-state index in [9.17, 15) is 9.00 Å². The quantitative estimate of drug-likeness (QED) is 0.316. The zero-order chi connectivity index (χ0) is 27.6. The molecule has 11 nitrogen and oxygen atoms in total. The fraction of sp³-hybridized carbons (Fsp3) is 0.241. The Morgan fingerprint density at radius 2 is 1.80 bits per heavy atom. The van der Waals surface area contributed by atoms with Gasteiger partial charge in [0.05, 0.1) is 29.6 Å². The van der Waals surface area contributed by atoms with Crippen LogP contribution in [0.3, 0.4) is 0 Å². The summed E-state index contributed by atoms with van der Waals surface area (Å²) in [6.45, 7) is 3.38. The molecule has 6 rings (SSSR count). The van der Waals surface area contributed by atoms with Gasteiger partial charge < -0.3 is 15.5 Å². The minimum atomic E-state index is -1.24. The molecule has 5 aromatic rings. The number of aromatic nitrogens is 5. The van der Waals surface area contributed by atoms with E-state index < -0.39 is 11.0 Å². The lowest BCUT2D eigenvalue weighted by Crippen LogP contribution is -2.34. The van der Waals surface area contributed by atoms with Crippen molar-refractivity contribution in [1.29, 1.82) is 0 Å². The first kappa shape index (κ1) is 28.1. The van der Waals surface area contributed by atoms with Gasteiger partial charge in [-0.2, -0.15) is 10.2 Å². The van der Waals surface area contributed by atoms with Crippen molar-refractivity contribution in [2.45, 2.75) is 30.6 Å². The minimum absolute atomic E-state index is 0. The molecule has 1 fully saturated rings. The van der Waals surface area contributed by atoms with Crippen LogP contribution in [0.5, 0.6) is 5.75 Å². The van der Waals surface area contributed by atoms with Gasteiger partial charge in [-0.05, 0) is 62.2 Å². The third-order valence-electron chi connectivity index (χ3n) is 7.14. The molecule has 12 heteroatoms. The monoisotopic (exact) mass is 573 g/mol. The van der Waals surface area contributed by atoms with Gasteiger partial charge in [0, 0.05) is 37.5 Å². The predicted molar refractivity (Wildman–Crippen MR) is 156 cm³/mol. The molecule has 0 bridgehead atoms. The predicted octanol–water partition coefficient (Wildman–Crippen LogP) is 3.56. The third kappa shape index (κ3) is 5.75. The van der Waals surface area contributed by atoms with Crippen molar-refractivity contribution in [2.75, 3.05) is 25.5 Å². The fourth-order valence-corrected chi connectivity index (χ4v) is 6.11. The number of amides is 1. The first-order chi connectivity index (χ1) is 19.5. The summed E-state index contributed by atoms with van der Waals surface area (Å²) in [5.74, 6) is 1.18. The zero-order valence-corrected chi connectivity index (χ0v) is 23.5. The fourth-order valence-electron chi connectivity index (χ4n) is 4.90. The molecule has 3 N–H and O–H groups in total. The van der Waals surface area contributed by atoms with Gasteiger partial charge in [0.2, 0.25) is 0 Å². The second-order valence-corrected chi connectivity index (χ2v) is 11.2. The molecule has 0 spiro atoms. The summed E-state index contributed by atoms with van der Waals surface area (Å²) >= 11 is 0. The number of aryl methyl sites for hydroxylation is 1. The summed E-state index contributed by atoms with van der Waals surface area (Å²) in [5.41, 5.74) is 3.75. The standard InChI is InChI=1S/C29H29N7O3S.H2O/c1-20-4-6-22(7-5-20)36-27(32-29(37)25-19-31-35-15-3-14-30-28(25)35)18-26(33-36)21-12-16-34(17-13-21)40(38)24-10-8-23(39-2)9-11-24;/h3-11,14-15,18-19,21H,12-13,16-17H2,1-2H3,(H,32,37);1H2. The van der Waals surface area contributed by atoms with Crippen molar-refractivity contribution in [1.82, 2.24) is 28.7 Å². The van der Waals surface area contributed by atoms with Crippen LogP contribution in [0.2, 0.25) is 0 Å². The number of methoxy groups -OCH3 is 1. The van der Waals surface area contributed by atoms with E-state index in [-0.39, 0.29) is 17.3 Å². The number of ether oxygens (including phenoxy) is 1. The number of fused-ring (bicyclic) bond motifs is 1. The van der Waals surface area contributed by atoms with Crippen molar-refractivity contribution in [3.05, 3.63) is 96.1 Å². The maximum atomic E-state index is 13.3. The molecule has 3 aromatic heterocycles. The van der Waals surface area contributed by atoms with E-state index in [1.54, 1.807) is 34.8 Å². The number of benzene rings is 2. The number of hydrogen-bond acceptors (Lipinski definition) is 6. The Labute approximate surface area is 239 Å². The van der Waals surface area contributed by atoms with E-state index in [0.717, 1.165) is 40.4 Å². The molecule has 1 amide bonds. The lowest BCUT2D eigenvalue weighted by molar-refractivity contribution is 0.102. The number of rotatable bonds is 7. The van der Waals surface area contributed by atoms with Crippen LogP contribution in [0.25, 0.3) is 11.3 Å². The van der Waals surface area contributed by atoms with Crippen LogP contribution in [0.1, 0.15) is 40.4 Å². The van der Waals surface area contributed by atoms with E-state index in [0.29, 0.717) is 30.1 Å². The molecule has 0 aliphatic carbocycles. The van der Waals surface area contributed by atoms with Crippen LogP contribution in [-0.4, -0.2) is 64.5 Å². The summed E-state index contributed by atoms with van der Waals surface area (Å²) < 4.78 is 23.7. The summed E-state index contributed by atoms with van der Waals surface area (Å²) in [7, 11) is 0.378. The Bertz CT molecular complexity index is 1670. The highest BCUT2D eigenvalue weighted by atomic mass is 32.2. The Balaban J connectivity index is 0.00000337. The van der Waals surface area contributed by atoms with Crippen molar-refractivity contribution >= 4 is 28.4 Å². The molecule has 1 atom stereocenters. The Morgan fingerprint density at radius 3 is 2.51 bits per heavy atom. The average Bonchev–Trinajstić information content (AvgIpc) is 3.62. The molecule has 1 unspecified atom stereocenters. The van der Waals surface area contributed by atoms with Gasteiger partial charge in [-0.1, -0.05) is 17.7 Å². The summed E-state index contributed by atoms with van der Waals surface area (Å²) in [6, 6.07) is 19.1. The molecule has 2 aromatic carbocycles. The SMILES string of the molecule is COc1ccc(S(=O)N2CCC(c3cc(NC(=O)c4cnn5cccnc45)n(-c4ccc(C)cc4)n3)CC2)cc1.O. The summed E-state index contributed by atoms with van der Waals surface area (Å²) in [5, 5.41) is 12.2. The van der Waals surface area contributed by atoms with Crippen LogP contribution >= 0.6 is 0 Å². The molecule has 4 heterocycles. The van der Waals surface area contributed by atoms with Gasteiger partial charge in [0.25, 0.3) is 5.91 Å². The molecule has 0 saturated carbocycles. The first-order valence-corrected chi connectivity index (χ1v) is 14.2. The molecule has 1 aliphatic heterocycles. The van der Waals surface area contributed by atoms with Gasteiger partial charge >= 0.3 is 0 Å². The normalized spacial score (nSPS) is 14.9. The Hall–Kier alpha value is -4.39. The van der Waals surface area contributed by atoms with Crippen LogP contribution in [0.4, 0.5) is 5.82 Å². The third-order valence-corrected chi connectivity index (χ3v) is 8.65. The lowest BCUT2D eigenvalue weighted by atomic mass is 9.95. The lowest BCUT2D eigenvalue weighted by Gasteiger charge is -2.30. The summed E-state index contributed by atoms with van der Waals surface area (Å²) in [6.07, 6.45) is 6.51. The van der Waals surface area contributed by atoms with Crippen LogP contribution < -0.4 is 10.1 Å². The van der Waals surface area contributed by atoms with Gasteiger partial charge in [-0.25, -0.2) is 22.7 Å². The average molecular weight is 574 g/mol. The van der Waals surface area contributed by atoms with E-state index in [2.05, 4.69) is 15.4 Å². The van der Waals surface area contributed by atoms with E-state index in [4.69, 9.17) is 9.84 Å². The van der Waals surface area contributed by atoms with Crippen molar-refractivity contribution in [3.63, 3.8) is 0 Å². The smallest absolute Gasteiger partial charge is 0.262 e. The molecule has 1 aliphatic rings. The van der Waals surface area contributed by atoms with E-state index >= 15 is 0 Å². The highest BCUT2D eigenvalue weighted by molar-refractivity contribution is 7.82. The maximum Gasteiger partial charge on any atom is 0.262 e. The second-order valence-electron chi connectivity index (χ2n) is 9.73. The van der Waals surface area contributed by atoms with Crippen LogP contribution in [0.15, 0.2) is 84.1 Å². The van der Waals surface area contributed by atoms with E-state index in [1.807, 2.05) is 65.8 Å². The number of carbonyl (C=O) groups excluding carboxylic acids is 1. The molecule has 0 radical (unpaired) electrons.